The Labute approximate surface area is 154 Å². The average Bonchev–Trinajstić information content (AvgIpc) is 2.65. The molecule has 0 aliphatic heterocycles. The lowest BCUT2D eigenvalue weighted by molar-refractivity contribution is -0.155. The van der Waals surface area contributed by atoms with Gasteiger partial charge in [-0.15, -0.1) is 0 Å². The van der Waals surface area contributed by atoms with Gasteiger partial charge in [0.25, 0.3) is 0 Å². The summed E-state index contributed by atoms with van der Waals surface area (Å²) in [6.45, 7) is 3.70. The third kappa shape index (κ3) is 5.41. The van der Waals surface area contributed by atoms with Crippen molar-refractivity contribution in [3.05, 3.63) is 66.2 Å². The molecule has 2 aromatic rings. The molecule has 0 aliphatic carbocycles. The van der Waals surface area contributed by atoms with Crippen molar-refractivity contribution in [1.82, 2.24) is 0 Å². The Morgan fingerprint density at radius 1 is 1.00 bits per heavy atom. The SMILES string of the molecule is CC(C)[C@@H](COC(=O)[C@@H](O)c1ccccc1)CS(=O)(=O)c1ccccc1. The Hall–Kier alpha value is -2.18. The van der Waals surface area contributed by atoms with E-state index in [1.165, 1.54) is 0 Å². The van der Waals surface area contributed by atoms with Crippen LogP contribution in [0.3, 0.4) is 0 Å². The number of aliphatic hydroxyl groups is 1. The van der Waals surface area contributed by atoms with Gasteiger partial charge < -0.3 is 9.84 Å². The van der Waals surface area contributed by atoms with Gasteiger partial charge in [0, 0.05) is 5.92 Å². The Morgan fingerprint density at radius 3 is 2.08 bits per heavy atom. The number of sulfone groups is 1. The van der Waals surface area contributed by atoms with E-state index in [0.29, 0.717) is 5.56 Å². The summed E-state index contributed by atoms with van der Waals surface area (Å²) in [5, 5.41) is 10.1. The topological polar surface area (TPSA) is 80.7 Å². The van der Waals surface area contributed by atoms with Gasteiger partial charge in [-0.25, -0.2) is 13.2 Å². The van der Waals surface area contributed by atoms with Gasteiger partial charge in [-0.05, 0) is 23.6 Å². The summed E-state index contributed by atoms with van der Waals surface area (Å²) in [5.74, 6) is -1.27. The standard InChI is InChI=1S/C20H24O5S/c1-15(2)17(14-26(23,24)18-11-7-4-8-12-18)13-25-20(22)19(21)16-9-5-3-6-10-16/h3-12,15,17,19,21H,13-14H2,1-2H3/t17-,19-/m0/s1. The maximum Gasteiger partial charge on any atom is 0.339 e. The van der Waals surface area contributed by atoms with E-state index < -0.39 is 21.9 Å². The van der Waals surface area contributed by atoms with Crippen LogP contribution in [0.1, 0.15) is 25.5 Å². The lowest BCUT2D eigenvalue weighted by Crippen LogP contribution is -2.28. The van der Waals surface area contributed by atoms with E-state index in [2.05, 4.69) is 0 Å². The van der Waals surface area contributed by atoms with Crippen LogP contribution in [0.5, 0.6) is 0 Å². The normalized spacial score (nSPS) is 14.0. The van der Waals surface area contributed by atoms with Gasteiger partial charge in [0.15, 0.2) is 15.9 Å². The largest absolute Gasteiger partial charge is 0.463 e. The lowest BCUT2D eigenvalue weighted by Gasteiger charge is -2.21. The van der Waals surface area contributed by atoms with E-state index in [9.17, 15) is 18.3 Å². The summed E-state index contributed by atoms with van der Waals surface area (Å²) in [7, 11) is -3.48. The molecule has 0 aliphatic rings. The van der Waals surface area contributed by atoms with Crippen molar-refractivity contribution in [3.63, 3.8) is 0 Å². The number of ether oxygens (including phenoxy) is 1. The van der Waals surface area contributed by atoms with Crippen LogP contribution in [0.4, 0.5) is 0 Å². The molecule has 0 saturated carbocycles. The number of aliphatic hydroxyl groups excluding tert-OH is 1. The van der Waals surface area contributed by atoms with Crippen LogP contribution in [0.15, 0.2) is 65.6 Å². The summed E-state index contributed by atoms with van der Waals surface area (Å²) in [5.41, 5.74) is 0.440. The van der Waals surface area contributed by atoms with E-state index in [0.717, 1.165) is 0 Å². The average molecular weight is 376 g/mol. The number of esters is 1. The number of rotatable bonds is 8. The van der Waals surface area contributed by atoms with Gasteiger partial charge >= 0.3 is 5.97 Å². The molecule has 0 fully saturated rings. The molecule has 1 N–H and O–H groups in total. The molecule has 0 radical (unpaired) electrons. The third-order valence-corrected chi connectivity index (χ3v) is 6.11. The van der Waals surface area contributed by atoms with Crippen molar-refractivity contribution in [3.8, 4) is 0 Å². The first-order chi connectivity index (χ1) is 12.3. The van der Waals surface area contributed by atoms with Crippen LogP contribution >= 0.6 is 0 Å². The molecular formula is C20H24O5S. The minimum absolute atomic E-state index is 0.00449. The molecule has 2 aromatic carbocycles. The van der Waals surface area contributed by atoms with Crippen LogP contribution in [0, 0.1) is 11.8 Å². The molecule has 0 heterocycles. The molecule has 5 nitrogen and oxygen atoms in total. The summed E-state index contributed by atoms with van der Waals surface area (Å²) >= 11 is 0. The van der Waals surface area contributed by atoms with Crippen LogP contribution in [0.25, 0.3) is 0 Å². The quantitative estimate of drug-likeness (QED) is 0.716. The smallest absolute Gasteiger partial charge is 0.339 e. The zero-order valence-corrected chi connectivity index (χ0v) is 15.7. The maximum absolute atomic E-state index is 12.6. The highest BCUT2D eigenvalue weighted by molar-refractivity contribution is 7.91. The molecule has 140 valence electrons. The number of hydrogen-bond acceptors (Lipinski definition) is 5. The van der Waals surface area contributed by atoms with E-state index in [-0.39, 0.29) is 29.1 Å². The number of carbonyl (C=O) groups is 1. The van der Waals surface area contributed by atoms with Crippen molar-refractivity contribution in [2.24, 2.45) is 11.8 Å². The van der Waals surface area contributed by atoms with Crippen LogP contribution in [0.2, 0.25) is 0 Å². The highest BCUT2D eigenvalue weighted by Crippen LogP contribution is 2.21. The summed E-state index contributed by atoms with van der Waals surface area (Å²) in [6, 6.07) is 16.7. The zero-order chi connectivity index (χ0) is 19.2. The Bertz CT molecular complexity index is 801. The first-order valence-corrected chi connectivity index (χ1v) is 10.1. The van der Waals surface area contributed by atoms with Gasteiger partial charge in [0.2, 0.25) is 0 Å². The first kappa shape index (κ1) is 20.1. The van der Waals surface area contributed by atoms with Crippen molar-refractivity contribution in [2.75, 3.05) is 12.4 Å². The van der Waals surface area contributed by atoms with Crippen molar-refractivity contribution < 1.29 is 23.1 Å². The van der Waals surface area contributed by atoms with Gasteiger partial charge in [-0.1, -0.05) is 62.4 Å². The summed E-state index contributed by atoms with van der Waals surface area (Å²) < 4.78 is 30.3. The second kappa shape index (κ2) is 8.96. The molecule has 0 aromatic heterocycles. The van der Waals surface area contributed by atoms with Crippen LogP contribution < -0.4 is 0 Å². The fraction of sp³-hybridized carbons (Fsp3) is 0.350. The van der Waals surface area contributed by atoms with Gasteiger partial charge in [0.1, 0.15) is 0 Å². The molecular weight excluding hydrogens is 352 g/mol. The Balaban J connectivity index is 2.01. The molecule has 0 saturated heterocycles. The van der Waals surface area contributed by atoms with E-state index in [4.69, 9.17) is 4.74 Å². The highest BCUT2D eigenvalue weighted by atomic mass is 32.2. The van der Waals surface area contributed by atoms with Gasteiger partial charge in [-0.3, -0.25) is 0 Å². The molecule has 6 heteroatoms. The van der Waals surface area contributed by atoms with E-state index in [1.807, 2.05) is 13.8 Å². The Kier molecular flexibility index (Phi) is 6.94. The fourth-order valence-electron chi connectivity index (χ4n) is 2.48. The molecule has 0 unspecified atom stereocenters. The number of hydrogen-bond donors (Lipinski definition) is 1. The number of carbonyl (C=O) groups excluding carboxylic acids is 1. The third-order valence-electron chi connectivity index (χ3n) is 4.26. The van der Waals surface area contributed by atoms with E-state index >= 15 is 0 Å². The minimum atomic E-state index is -3.48. The van der Waals surface area contributed by atoms with Crippen molar-refractivity contribution in [1.29, 1.82) is 0 Å². The minimum Gasteiger partial charge on any atom is -0.463 e. The molecule has 0 amide bonds. The van der Waals surface area contributed by atoms with Gasteiger partial charge in [-0.2, -0.15) is 0 Å². The predicted octanol–water partition coefficient (Wildman–Crippen LogP) is 3.01. The van der Waals surface area contributed by atoms with Crippen molar-refractivity contribution >= 4 is 15.8 Å². The first-order valence-electron chi connectivity index (χ1n) is 8.48. The van der Waals surface area contributed by atoms with Gasteiger partial charge in [0.05, 0.1) is 17.3 Å². The molecule has 26 heavy (non-hydrogen) atoms. The lowest BCUT2D eigenvalue weighted by atomic mass is 9.99. The predicted molar refractivity (Wildman–Crippen MR) is 99.2 cm³/mol. The van der Waals surface area contributed by atoms with Crippen LogP contribution in [-0.2, 0) is 19.4 Å². The van der Waals surface area contributed by atoms with Crippen molar-refractivity contribution in [2.45, 2.75) is 24.8 Å². The second-order valence-corrected chi connectivity index (χ2v) is 8.58. The summed E-state index contributed by atoms with van der Waals surface area (Å²) in [6.07, 6.45) is -1.38. The maximum atomic E-state index is 12.6. The highest BCUT2D eigenvalue weighted by Gasteiger charge is 2.26. The molecule has 0 spiro atoms. The molecule has 2 rings (SSSR count). The fourth-order valence-corrected chi connectivity index (χ4v) is 4.29. The zero-order valence-electron chi connectivity index (χ0n) is 14.9. The molecule has 2 atom stereocenters. The Morgan fingerprint density at radius 2 is 1.54 bits per heavy atom. The van der Waals surface area contributed by atoms with E-state index in [1.54, 1.807) is 60.7 Å². The summed E-state index contributed by atoms with van der Waals surface area (Å²) in [4.78, 5) is 12.3. The number of benzene rings is 2. The monoisotopic (exact) mass is 376 g/mol. The molecule has 0 bridgehead atoms. The second-order valence-electron chi connectivity index (χ2n) is 6.54. The van der Waals surface area contributed by atoms with Crippen LogP contribution in [-0.4, -0.2) is 31.9 Å².